The van der Waals surface area contributed by atoms with E-state index in [1.807, 2.05) is 5.75 Å². The maximum Gasteiger partial charge on any atom is 0.0528 e. The molecule has 0 bridgehead atoms. The second-order valence-electron chi connectivity index (χ2n) is 3.28. The summed E-state index contributed by atoms with van der Waals surface area (Å²) in [4.78, 5) is 0. The van der Waals surface area contributed by atoms with Crippen LogP contribution in [-0.2, 0) is 0 Å². The SMILES string of the molecule is CC[Si](CC)(CC)CC[CH]S. The fourth-order valence-electron chi connectivity index (χ4n) is 1.65. The smallest absolute Gasteiger partial charge is 0.0528 e. The standard InChI is InChI=1S/C9H21SSi/c1-4-11(5-2,6-3)9-7-8-10/h8,10H,4-7,9H2,1-3H3. The van der Waals surface area contributed by atoms with E-state index in [0.717, 1.165) is 0 Å². The summed E-state index contributed by atoms with van der Waals surface area (Å²) in [6.45, 7) is 7.08. The van der Waals surface area contributed by atoms with Gasteiger partial charge in [-0.1, -0.05) is 44.9 Å². The summed E-state index contributed by atoms with van der Waals surface area (Å²) >= 11 is 4.15. The van der Waals surface area contributed by atoms with Gasteiger partial charge in [-0.05, 0) is 6.42 Å². The number of rotatable bonds is 6. The van der Waals surface area contributed by atoms with Gasteiger partial charge in [0, 0.05) is 5.75 Å². The van der Waals surface area contributed by atoms with Crippen molar-refractivity contribution < 1.29 is 0 Å². The zero-order valence-electron chi connectivity index (χ0n) is 8.06. The number of thiol groups is 1. The Morgan fingerprint density at radius 2 is 1.55 bits per heavy atom. The van der Waals surface area contributed by atoms with Crippen molar-refractivity contribution in [2.24, 2.45) is 0 Å². The van der Waals surface area contributed by atoms with E-state index in [1.54, 1.807) is 0 Å². The molecule has 0 aliphatic carbocycles. The molecular formula is C9H21SSi. The quantitative estimate of drug-likeness (QED) is 0.474. The third-order valence-corrected chi connectivity index (χ3v) is 9.16. The molecule has 0 aromatic carbocycles. The van der Waals surface area contributed by atoms with Crippen molar-refractivity contribution in [3.63, 3.8) is 0 Å². The van der Waals surface area contributed by atoms with Crippen LogP contribution in [0.1, 0.15) is 27.2 Å². The summed E-state index contributed by atoms with van der Waals surface area (Å²) in [5.41, 5.74) is 0. The molecule has 0 atom stereocenters. The Bertz CT molecular complexity index is 81.3. The normalized spacial score (nSPS) is 12.0. The Morgan fingerprint density at radius 1 is 1.09 bits per heavy atom. The highest BCUT2D eigenvalue weighted by Gasteiger charge is 2.25. The number of hydrogen-bond donors (Lipinski definition) is 1. The van der Waals surface area contributed by atoms with Crippen LogP contribution in [0.25, 0.3) is 0 Å². The molecule has 0 aromatic rings. The Labute approximate surface area is 78.2 Å². The molecule has 0 N–H and O–H groups in total. The molecule has 0 fully saturated rings. The average molecular weight is 189 g/mol. The highest BCUT2D eigenvalue weighted by molar-refractivity contribution is 7.82. The van der Waals surface area contributed by atoms with Crippen LogP contribution in [0, 0.1) is 5.75 Å². The fourth-order valence-corrected chi connectivity index (χ4v) is 5.34. The molecule has 2 heteroatoms. The Kier molecular flexibility index (Phi) is 6.44. The molecule has 0 saturated heterocycles. The van der Waals surface area contributed by atoms with Gasteiger partial charge in [0.25, 0.3) is 0 Å². The summed E-state index contributed by atoms with van der Waals surface area (Å²) < 4.78 is 0. The number of hydrogen-bond acceptors (Lipinski definition) is 1. The van der Waals surface area contributed by atoms with Gasteiger partial charge in [0.1, 0.15) is 0 Å². The maximum absolute atomic E-state index is 4.15. The fraction of sp³-hybridized carbons (Fsp3) is 0.889. The van der Waals surface area contributed by atoms with Gasteiger partial charge < -0.3 is 0 Å². The lowest BCUT2D eigenvalue weighted by Gasteiger charge is -2.27. The van der Waals surface area contributed by atoms with Gasteiger partial charge in [0.05, 0.1) is 8.07 Å². The summed E-state index contributed by atoms with van der Waals surface area (Å²) in [6, 6.07) is 5.78. The van der Waals surface area contributed by atoms with E-state index in [2.05, 4.69) is 33.4 Å². The molecule has 0 amide bonds. The van der Waals surface area contributed by atoms with Crippen LogP contribution in [0.2, 0.25) is 24.2 Å². The van der Waals surface area contributed by atoms with Crippen LogP contribution in [0.15, 0.2) is 0 Å². The minimum atomic E-state index is -0.819. The van der Waals surface area contributed by atoms with Crippen LogP contribution in [0.4, 0.5) is 0 Å². The predicted molar refractivity (Wildman–Crippen MR) is 59.9 cm³/mol. The molecular weight excluding hydrogens is 168 g/mol. The molecule has 0 unspecified atom stereocenters. The van der Waals surface area contributed by atoms with Crippen LogP contribution in [0.3, 0.4) is 0 Å². The second-order valence-corrected chi connectivity index (χ2v) is 9.27. The average Bonchev–Trinajstić information content (AvgIpc) is 2.08. The Balaban J connectivity index is 3.84. The minimum absolute atomic E-state index is 0.819. The van der Waals surface area contributed by atoms with E-state index in [-0.39, 0.29) is 0 Å². The molecule has 67 valence electrons. The topological polar surface area (TPSA) is 0 Å². The van der Waals surface area contributed by atoms with E-state index in [9.17, 15) is 0 Å². The minimum Gasteiger partial charge on any atom is -0.175 e. The lowest BCUT2D eigenvalue weighted by molar-refractivity contribution is 1.04. The van der Waals surface area contributed by atoms with Gasteiger partial charge >= 0.3 is 0 Å². The van der Waals surface area contributed by atoms with Crippen molar-refractivity contribution in [2.45, 2.75) is 51.4 Å². The molecule has 0 spiro atoms. The van der Waals surface area contributed by atoms with E-state index < -0.39 is 8.07 Å². The van der Waals surface area contributed by atoms with E-state index in [4.69, 9.17) is 0 Å². The van der Waals surface area contributed by atoms with Crippen molar-refractivity contribution in [1.82, 2.24) is 0 Å². The molecule has 0 rings (SSSR count). The second kappa shape index (κ2) is 6.12. The summed E-state index contributed by atoms with van der Waals surface area (Å²) in [5.74, 6) is 2.02. The third-order valence-electron chi connectivity index (χ3n) is 3.05. The van der Waals surface area contributed by atoms with Crippen LogP contribution >= 0.6 is 12.6 Å². The molecule has 0 aliphatic heterocycles. The predicted octanol–water partition coefficient (Wildman–Crippen LogP) is 3.98. The highest BCUT2D eigenvalue weighted by Crippen LogP contribution is 2.27. The maximum atomic E-state index is 4.15. The zero-order chi connectivity index (χ0) is 8.74. The summed E-state index contributed by atoms with van der Waals surface area (Å²) in [7, 11) is -0.819. The summed E-state index contributed by atoms with van der Waals surface area (Å²) in [5, 5.41) is 0. The molecule has 0 heterocycles. The van der Waals surface area contributed by atoms with Gasteiger partial charge in [-0.3, -0.25) is 0 Å². The Hall–Kier alpha value is 0.567. The van der Waals surface area contributed by atoms with Crippen molar-refractivity contribution in [3.8, 4) is 0 Å². The lowest BCUT2D eigenvalue weighted by Crippen LogP contribution is -2.30. The first-order chi connectivity index (χ1) is 5.24. The Morgan fingerprint density at radius 3 is 1.82 bits per heavy atom. The van der Waals surface area contributed by atoms with E-state index in [1.165, 1.54) is 30.6 Å². The van der Waals surface area contributed by atoms with Crippen molar-refractivity contribution >= 4 is 20.7 Å². The van der Waals surface area contributed by atoms with Gasteiger partial charge in [-0.2, -0.15) is 12.6 Å². The first-order valence-electron chi connectivity index (χ1n) is 4.70. The van der Waals surface area contributed by atoms with Gasteiger partial charge in [0.2, 0.25) is 0 Å². The monoisotopic (exact) mass is 189 g/mol. The van der Waals surface area contributed by atoms with E-state index >= 15 is 0 Å². The highest BCUT2D eigenvalue weighted by atomic mass is 32.1. The zero-order valence-corrected chi connectivity index (χ0v) is 9.95. The molecule has 0 aliphatic rings. The van der Waals surface area contributed by atoms with Gasteiger partial charge in [0.15, 0.2) is 0 Å². The third kappa shape index (κ3) is 3.65. The lowest BCUT2D eigenvalue weighted by atomic mass is 10.6. The molecule has 0 nitrogen and oxygen atoms in total. The molecule has 1 radical (unpaired) electrons. The van der Waals surface area contributed by atoms with Crippen LogP contribution < -0.4 is 0 Å². The van der Waals surface area contributed by atoms with Gasteiger partial charge in [-0.25, -0.2) is 0 Å². The van der Waals surface area contributed by atoms with E-state index in [0.29, 0.717) is 0 Å². The van der Waals surface area contributed by atoms with Crippen LogP contribution in [-0.4, -0.2) is 8.07 Å². The first-order valence-corrected chi connectivity index (χ1v) is 8.05. The first kappa shape index (κ1) is 11.6. The van der Waals surface area contributed by atoms with Gasteiger partial charge in [-0.15, -0.1) is 0 Å². The van der Waals surface area contributed by atoms with Crippen molar-refractivity contribution in [3.05, 3.63) is 5.75 Å². The largest absolute Gasteiger partial charge is 0.175 e. The van der Waals surface area contributed by atoms with Crippen molar-refractivity contribution in [1.29, 1.82) is 0 Å². The van der Waals surface area contributed by atoms with Crippen molar-refractivity contribution in [2.75, 3.05) is 0 Å². The molecule has 11 heavy (non-hydrogen) atoms. The molecule has 0 aromatic heterocycles. The van der Waals surface area contributed by atoms with Crippen LogP contribution in [0.5, 0.6) is 0 Å². The summed E-state index contributed by atoms with van der Waals surface area (Å²) in [6.07, 6.45) is 1.21. The molecule has 0 saturated carbocycles.